The molecular formula is C11H22N2O2S. The molecule has 16 heavy (non-hydrogen) atoms. The Hall–Kier alpha value is -0.420. The van der Waals surface area contributed by atoms with Crippen LogP contribution < -0.4 is 5.32 Å². The number of unbranched alkanes of at least 4 members (excludes halogenated alkanes) is 1. The molecule has 1 amide bonds. The first-order chi connectivity index (χ1) is 7.69. The van der Waals surface area contributed by atoms with Gasteiger partial charge in [-0.2, -0.15) is 0 Å². The summed E-state index contributed by atoms with van der Waals surface area (Å²) >= 11 is 0. The smallest absolute Gasteiger partial charge is 0.240 e. The highest BCUT2D eigenvalue weighted by molar-refractivity contribution is 7.84. The minimum absolute atomic E-state index is 0.00462. The molecule has 0 aliphatic carbocycles. The minimum Gasteiger partial charge on any atom is -0.328 e. The van der Waals surface area contributed by atoms with Gasteiger partial charge < -0.3 is 4.90 Å². The molecule has 0 saturated carbocycles. The standard InChI is InChI=1S/C11H22N2O2S/c1-3-5-6-10-11(14)13(9-12-10)7-8-16(15)4-2/h10,12H,3-9H2,1-2H3. The van der Waals surface area contributed by atoms with E-state index in [1.807, 2.05) is 6.92 Å². The van der Waals surface area contributed by atoms with Crippen molar-refractivity contribution in [2.24, 2.45) is 0 Å². The molecule has 2 unspecified atom stereocenters. The van der Waals surface area contributed by atoms with E-state index >= 15 is 0 Å². The molecule has 1 aliphatic rings. The maximum Gasteiger partial charge on any atom is 0.240 e. The van der Waals surface area contributed by atoms with Crippen molar-refractivity contribution in [3.8, 4) is 0 Å². The van der Waals surface area contributed by atoms with Crippen molar-refractivity contribution >= 4 is 16.7 Å². The lowest BCUT2D eigenvalue weighted by Gasteiger charge is -2.14. The zero-order valence-electron chi connectivity index (χ0n) is 10.2. The Morgan fingerprint density at radius 3 is 2.88 bits per heavy atom. The summed E-state index contributed by atoms with van der Waals surface area (Å²) in [6, 6.07) is -0.00462. The van der Waals surface area contributed by atoms with Crippen LogP contribution in [0, 0.1) is 0 Å². The molecule has 0 aromatic rings. The van der Waals surface area contributed by atoms with Gasteiger partial charge in [-0.25, -0.2) is 0 Å². The lowest BCUT2D eigenvalue weighted by Crippen LogP contribution is -2.33. The van der Waals surface area contributed by atoms with Crippen molar-refractivity contribution in [2.45, 2.75) is 39.2 Å². The monoisotopic (exact) mass is 246 g/mol. The van der Waals surface area contributed by atoms with Crippen molar-refractivity contribution in [3.05, 3.63) is 0 Å². The zero-order valence-corrected chi connectivity index (χ0v) is 11.0. The van der Waals surface area contributed by atoms with Gasteiger partial charge >= 0.3 is 0 Å². The van der Waals surface area contributed by atoms with Gasteiger partial charge in [0.2, 0.25) is 5.91 Å². The molecule has 5 heteroatoms. The Kier molecular flexibility index (Phi) is 5.98. The van der Waals surface area contributed by atoms with Gasteiger partial charge in [-0.15, -0.1) is 0 Å². The summed E-state index contributed by atoms with van der Waals surface area (Å²) in [5, 5.41) is 3.21. The minimum atomic E-state index is -0.776. The van der Waals surface area contributed by atoms with E-state index in [0.717, 1.165) is 19.3 Å². The number of carbonyl (C=O) groups is 1. The Morgan fingerprint density at radius 2 is 2.25 bits per heavy atom. The van der Waals surface area contributed by atoms with Crippen molar-refractivity contribution in [1.82, 2.24) is 10.2 Å². The van der Waals surface area contributed by atoms with Crippen molar-refractivity contribution < 1.29 is 9.00 Å². The second-order valence-electron chi connectivity index (χ2n) is 4.09. The van der Waals surface area contributed by atoms with Crippen LogP contribution in [0.15, 0.2) is 0 Å². The number of hydrogen-bond donors (Lipinski definition) is 1. The third kappa shape index (κ3) is 3.87. The fraction of sp³-hybridized carbons (Fsp3) is 0.909. The van der Waals surface area contributed by atoms with Crippen LogP contribution in [0.4, 0.5) is 0 Å². The number of rotatable bonds is 7. The van der Waals surface area contributed by atoms with Gasteiger partial charge in [0.05, 0.1) is 12.7 Å². The highest BCUT2D eigenvalue weighted by Crippen LogP contribution is 2.10. The van der Waals surface area contributed by atoms with Gasteiger partial charge in [0.25, 0.3) is 0 Å². The largest absolute Gasteiger partial charge is 0.328 e. The van der Waals surface area contributed by atoms with E-state index < -0.39 is 10.8 Å². The van der Waals surface area contributed by atoms with Crippen LogP contribution >= 0.6 is 0 Å². The number of nitrogens with one attached hydrogen (secondary N) is 1. The average molecular weight is 246 g/mol. The van der Waals surface area contributed by atoms with Crippen LogP contribution in [0.25, 0.3) is 0 Å². The van der Waals surface area contributed by atoms with Gasteiger partial charge in [-0.1, -0.05) is 26.7 Å². The summed E-state index contributed by atoms with van der Waals surface area (Å²) in [4.78, 5) is 13.7. The summed E-state index contributed by atoms with van der Waals surface area (Å²) < 4.78 is 11.3. The van der Waals surface area contributed by atoms with Crippen molar-refractivity contribution in [1.29, 1.82) is 0 Å². The van der Waals surface area contributed by atoms with Gasteiger partial charge in [0, 0.05) is 28.9 Å². The molecule has 1 saturated heterocycles. The van der Waals surface area contributed by atoms with E-state index in [1.54, 1.807) is 4.90 Å². The van der Waals surface area contributed by atoms with E-state index in [2.05, 4.69) is 12.2 Å². The van der Waals surface area contributed by atoms with Crippen LogP contribution in [0.5, 0.6) is 0 Å². The van der Waals surface area contributed by atoms with Crippen LogP contribution in [-0.4, -0.2) is 45.8 Å². The third-order valence-corrected chi connectivity index (χ3v) is 4.18. The average Bonchev–Trinajstić information content (AvgIpc) is 2.64. The summed E-state index contributed by atoms with van der Waals surface area (Å²) in [7, 11) is -0.776. The predicted octanol–water partition coefficient (Wildman–Crippen LogP) is 0.703. The molecule has 2 atom stereocenters. The molecule has 1 aliphatic heterocycles. The quantitative estimate of drug-likeness (QED) is 0.719. The molecule has 0 aromatic carbocycles. The fourth-order valence-electron chi connectivity index (χ4n) is 1.79. The van der Waals surface area contributed by atoms with E-state index in [0.29, 0.717) is 24.7 Å². The molecule has 0 aromatic heterocycles. The van der Waals surface area contributed by atoms with Crippen molar-refractivity contribution in [3.63, 3.8) is 0 Å². The second-order valence-corrected chi connectivity index (χ2v) is 5.96. The predicted molar refractivity (Wildman–Crippen MR) is 66.6 cm³/mol. The highest BCUT2D eigenvalue weighted by atomic mass is 32.2. The number of hydrogen-bond acceptors (Lipinski definition) is 3. The maximum absolute atomic E-state index is 11.9. The van der Waals surface area contributed by atoms with E-state index in [9.17, 15) is 9.00 Å². The first-order valence-corrected chi connectivity index (χ1v) is 7.55. The Morgan fingerprint density at radius 1 is 1.50 bits per heavy atom. The summed E-state index contributed by atoms with van der Waals surface area (Å²) in [6.07, 6.45) is 3.12. The van der Waals surface area contributed by atoms with Crippen LogP contribution in [-0.2, 0) is 15.6 Å². The van der Waals surface area contributed by atoms with Gasteiger partial charge in [0.15, 0.2) is 0 Å². The van der Waals surface area contributed by atoms with E-state index in [1.165, 1.54) is 0 Å². The summed E-state index contributed by atoms with van der Waals surface area (Å²) in [5.74, 6) is 1.46. The second kappa shape index (κ2) is 7.01. The fourth-order valence-corrected chi connectivity index (χ4v) is 2.50. The molecule has 4 nitrogen and oxygen atoms in total. The normalized spacial score (nSPS) is 22.8. The third-order valence-electron chi connectivity index (χ3n) is 2.90. The molecule has 1 fully saturated rings. The SMILES string of the molecule is CCCCC1NCN(CCS(=O)CC)C1=O. The van der Waals surface area contributed by atoms with E-state index in [4.69, 9.17) is 0 Å². The highest BCUT2D eigenvalue weighted by Gasteiger charge is 2.29. The number of carbonyl (C=O) groups excluding carboxylic acids is 1. The van der Waals surface area contributed by atoms with Crippen LogP contribution in [0.3, 0.4) is 0 Å². The molecule has 94 valence electrons. The first-order valence-electron chi connectivity index (χ1n) is 6.06. The van der Waals surface area contributed by atoms with Crippen molar-refractivity contribution in [2.75, 3.05) is 24.7 Å². The lowest BCUT2D eigenvalue weighted by molar-refractivity contribution is -0.128. The molecule has 0 spiro atoms. The zero-order chi connectivity index (χ0) is 12.0. The lowest BCUT2D eigenvalue weighted by atomic mass is 10.1. The number of nitrogens with zero attached hydrogens (tertiary/aromatic N) is 1. The Balaban J connectivity index is 2.30. The molecule has 1 heterocycles. The molecular weight excluding hydrogens is 224 g/mol. The van der Waals surface area contributed by atoms with Gasteiger partial charge in [0.1, 0.15) is 0 Å². The summed E-state index contributed by atoms with van der Waals surface area (Å²) in [6.45, 7) is 5.27. The van der Waals surface area contributed by atoms with Crippen LogP contribution in [0.1, 0.15) is 33.1 Å². The molecule has 1 rings (SSSR count). The molecule has 0 bridgehead atoms. The number of amides is 1. The Labute approximate surface area is 100 Å². The first kappa shape index (κ1) is 13.6. The van der Waals surface area contributed by atoms with Crippen LogP contribution in [0.2, 0.25) is 0 Å². The van der Waals surface area contributed by atoms with Gasteiger partial charge in [-0.05, 0) is 6.42 Å². The van der Waals surface area contributed by atoms with E-state index in [-0.39, 0.29) is 11.9 Å². The molecule has 1 N–H and O–H groups in total. The Bertz CT molecular complexity index is 258. The maximum atomic E-state index is 11.9. The summed E-state index contributed by atoms with van der Waals surface area (Å²) in [5.41, 5.74) is 0. The topological polar surface area (TPSA) is 49.4 Å². The van der Waals surface area contributed by atoms with Gasteiger partial charge in [-0.3, -0.25) is 14.3 Å². The molecule has 0 radical (unpaired) electrons.